The summed E-state index contributed by atoms with van der Waals surface area (Å²) in [4.78, 5) is 2.37. The van der Waals surface area contributed by atoms with Crippen LogP contribution in [0.5, 0.6) is 0 Å². The van der Waals surface area contributed by atoms with E-state index in [1.165, 1.54) is 11.3 Å². The lowest BCUT2D eigenvalue weighted by Gasteiger charge is -2.37. The Morgan fingerprint density at radius 3 is 2.21 bits per heavy atom. The number of anilines is 1. The average molecular weight is 258 g/mol. The molecule has 0 spiro atoms. The van der Waals surface area contributed by atoms with Crippen molar-refractivity contribution in [2.45, 2.75) is 46.7 Å². The van der Waals surface area contributed by atoms with Gasteiger partial charge in [0.15, 0.2) is 0 Å². The van der Waals surface area contributed by atoms with Gasteiger partial charge in [0, 0.05) is 23.3 Å². The SMILES string of the molecule is Cc1noc(C)c1CN(c1ccccc1)C(C)(C)C. The standard InChI is InChI=1S/C16H22N2O/c1-12-15(13(2)19-17-12)11-18(16(3,4)5)14-9-7-6-8-10-14/h6-10H,11H2,1-5H3. The summed E-state index contributed by atoms with van der Waals surface area (Å²) in [6, 6.07) is 10.5. The molecule has 1 heterocycles. The molecule has 0 amide bonds. The molecule has 0 aliphatic carbocycles. The number of para-hydroxylation sites is 1. The molecule has 0 atom stereocenters. The first-order valence-electron chi connectivity index (χ1n) is 6.64. The summed E-state index contributed by atoms with van der Waals surface area (Å²) < 4.78 is 5.27. The van der Waals surface area contributed by atoms with Gasteiger partial charge in [0.2, 0.25) is 0 Å². The Bertz CT molecular complexity index is 518. The summed E-state index contributed by atoms with van der Waals surface area (Å²) in [6.07, 6.45) is 0. The number of aromatic nitrogens is 1. The predicted molar refractivity (Wildman–Crippen MR) is 78.4 cm³/mol. The van der Waals surface area contributed by atoms with Gasteiger partial charge in [-0.05, 0) is 46.8 Å². The van der Waals surface area contributed by atoms with Crippen LogP contribution in [0, 0.1) is 13.8 Å². The molecule has 0 radical (unpaired) electrons. The minimum absolute atomic E-state index is 0.0392. The lowest BCUT2D eigenvalue weighted by atomic mass is 10.0. The van der Waals surface area contributed by atoms with Crippen molar-refractivity contribution in [1.82, 2.24) is 5.16 Å². The minimum Gasteiger partial charge on any atom is -0.362 e. The lowest BCUT2D eigenvalue weighted by molar-refractivity contribution is 0.391. The van der Waals surface area contributed by atoms with Crippen molar-refractivity contribution < 1.29 is 4.52 Å². The lowest BCUT2D eigenvalue weighted by Crippen LogP contribution is -2.41. The van der Waals surface area contributed by atoms with Crippen LogP contribution in [-0.2, 0) is 6.54 Å². The van der Waals surface area contributed by atoms with Crippen LogP contribution in [0.15, 0.2) is 34.9 Å². The zero-order chi connectivity index (χ0) is 14.0. The van der Waals surface area contributed by atoms with Crippen molar-refractivity contribution in [3.05, 3.63) is 47.3 Å². The molecule has 2 rings (SSSR count). The first-order valence-corrected chi connectivity index (χ1v) is 6.64. The molecule has 0 saturated heterocycles. The van der Waals surface area contributed by atoms with Gasteiger partial charge < -0.3 is 9.42 Å². The van der Waals surface area contributed by atoms with E-state index >= 15 is 0 Å². The highest BCUT2D eigenvalue weighted by Crippen LogP contribution is 2.27. The molecule has 19 heavy (non-hydrogen) atoms. The van der Waals surface area contributed by atoms with E-state index in [2.05, 4.69) is 55.1 Å². The Kier molecular flexibility index (Phi) is 3.65. The third kappa shape index (κ3) is 2.98. The van der Waals surface area contributed by atoms with E-state index in [1.54, 1.807) is 0 Å². The van der Waals surface area contributed by atoms with Crippen LogP contribution in [0.3, 0.4) is 0 Å². The highest BCUT2D eigenvalue weighted by atomic mass is 16.5. The molecule has 0 bridgehead atoms. The Morgan fingerprint density at radius 2 is 1.74 bits per heavy atom. The van der Waals surface area contributed by atoms with Crippen LogP contribution in [0.2, 0.25) is 0 Å². The fourth-order valence-electron chi connectivity index (χ4n) is 2.21. The number of aryl methyl sites for hydroxylation is 2. The zero-order valence-electron chi connectivity index (χ0n) is 12.4. The quantitative estimate of drug-likeness (QED) is 0.830. The highest BCUT2D eigenvalue weighted by molar-refractivity contribution is 5.49. The zero-order valence-corrected chi connectivity index (χ0v) is 12.4. The van der Waals surface area contributed by atoms with Crippen molar-refractivity contribution in [3.8, 4) is 0 Å². The number of hydrogen-bond donors (Lipinski definition) is 0. The van der Waals surface area contributed by atoms with Crippen LogP contribution in [0.4, 0.5) is 5.69 Å². The summed E-state index contributed by atoms with van der Waals surface area (Å²) in [6.45, 7) is 11.4. The topological polar surface area (TPSA) is 29.3 Å². The van der Waals surface area contributed by atoms with Crippen LogP contribution in [0.1, 0.15) is 37.8 Å². The maximum Gasteiger partial charge on any atom is 0.138 e. The van der Waals surface area contributed by atoms with Gasteiger partial charge in [-0.3, -0.25) is 0 Å². The largest absolute Gasteiger partial charge is 0.362 e. The molecule has 0 saturated carbocycles. The molecule has 1 aromatic carbocycles. The molecule has 0 aliphatic rings. The smallest absolute Gasteiger partial charge is 0.138 e. The number of hydrogen-bond acceptors (Lipinski definition) is 3. The van der Waals surface area contributed by atoms with E-state index in [0.717, 1.165) is 18.0 Å². The third-order valence-corrected chi connectivity index (χ3v) is 3.38. The first kappa shape index (κ1) is 13.7. The Labute approximate surface area is 115 Å². The molecular formula is C16H22N2O. The molecule has 102 valence electrons. The summed E-state index contributed by atoms with van der Waals surface area (Å²) in [5, 5.41) is 4.04. The number of nitrogens with zero attached hydrogens (tertiary/aromatic N) is 2. The molecule has 3 nitrogen and oxygen atoms in total. The van der Waals surface area contributed by atoms with E-state index in [1.807, 2.05) is 19.9 Å². The van der Waals surface area contributed by atoms with Crippen molar-refractivity contribution in [2.75, 3.05) is 4.90 Å². The third-order valence-electron chi connectivity index (χ3n) is 3.38. The summed E-state index contributed by atoms with van der Waals surface area (Å²) in [7, 11) is 0. The molecule has 3 heteroatoms. The molecule has 2 aromatic rings. The van der Waals surface area contributed by atoms with Gasteiger partial charge in [0.1, 0.15) is 5.76 Å². The van der Waals surface area contributed by atoms with Crippen LogP contribution < -0.4 is 4.90 Å². The molecular weight excluding hydrogens is 236 g/mol. The Balaban J connectivity index is 2.36. The summed E-state index contributed by atoms with van der Waals surface area (Å²) in [5.74, 6) is 0.905. The monoisotopic (exact) mass is 258 g/mol. The average Bonchev–Trinajstić information content (AvgIpc) is 2.66. The van der Waals surface area contributed by atoms with E-state index in [0.29, 0.717) is 0 Å². The van der Waals surface area contributed by atoms with Gasteiger partial charge in [0.05, 0.1) is 5.69 Å². The Hall–Kier alpha value is -1.77. The van der Waals surface area contributed by atoms with Crippen molar-refractivity contribution >= 4 is 5.69 Å². The van der Waals surface area contributed by atoms with Gasteiger partial charge >= 0.3 is 0 Å². The van der Waals surface area contributed by atoms with Crippen molar-refractivity contribution in [2.24, 2.45) is 0 Å². The van der Waals surface area contributed by atoms with Crippen molar-refractivity contribution in [3.63, 3.8) is 0 Å². The normalized spacial score (nSPS) is 11.6. The predicted octanol–water partition coefficient (Wildman–Crippen LogP) is 4.10. The first-order chi connectivity index (χ1) is 8.89. The fourth-order valence-corrected chi connectivity index (χ4v) is 2.21. The minimum atomic E-state index is 0.0392. The second-order valence-electron chi connectivity index (χ2n) is 5.90. The van der Waals surface area contributed by atoms with E-state index in [9.17, 15) is 0 Å². The number of benzene rings is 1. The summed E-state index contributed by atoms with van der Waals surface area (Å²) >= 11 is 0. The van der Waals surface area contributed by atoms with Gasteiger partial charge in [0.25, 0.3) is 0 Å². The van der Waals surface area contributed by atoms with Gasteiger partial charge in [-0.25, -0.2) is 0 Å². The molecule has 0 N–H and O–H groups in total. The second kappa shape index (κ2) is 5.08. The fraction of sp³-hybridized carbons (Fsp3) is 0.438. The van der Waals surface area contributed by atoms with Crippen molar-refractivity contribution in [1.29, 1.82) is 0 Å². The van der Waals surface area contributed by atoms with E-state index in [-0.39, 0.29) is 5.54 Å². The van der Waals surface area contributed by atoms with E-state index < -0.39 is 0 Å². The van der Waals surface area contributed by atoms with Crippen LogP contribution >= 0.6 is 0 Å². The Morgan fingerprint density at radius 1 is 1.11 bits per heavy atom. The van der Waals surface area contributed by atoms with Crippen LogP contribution in [-0.4, -0.2) is 10.7 Å². The summed E-state index contributed by atoms with van der Waals surface area (Å²) in [5.41, 5.74) is 3.41. The molecule has 0 fully saturated rings. The molecule has 1 aromatic heterocycles. The van der Waals surface area contributed by atoms with Gasteiger partial charge in [-0.15, -0.1) is 0 Å². The molecule has 0 unspecified atom stereocenters. The molecule has 0 aliphatic heterocycles. The van der Waals surface area contributed by atoms with Gasteiger partial charge in [-0.1, -0.05) is 23.4 Å². The second-order valence-corrected chi connectivity index (χ2v) is 5.90. The van der Waals surface area contributed by atoms with Crippen LogP contribution in [0.25, 0.3) is 0 Å². The van der Waals surface area contributed by atoms with E-state index in [4.69, 9.17) is 4.52 Å². The maximum absolute atomic E-state index is 5.27. The number of rotatable bonds is 3. The highest BCUT2D eigenvalue weighted by Gasteiger charge is 2.24. The van der Waals surface area contributed by atoms with Gasteiger partial charge in [-0.2, -0.15) is 0 Å². The maximum atomic E-state index is 5.27.